The summed E-state index contributed by atoms with van der Waals surface area (Å²) in [4.78, 5) is 24.1. The Morgan fingerprint density at radius 2 is 1.76 bits per heavy atom. The molecule has 0 saturated carbocycles. The Labute approximate surface area is 292 Å². The van der Waals surface area contributed by atoms with Crippen LogP contribution in [-0.4, -0.2) is 75.7 Å². The summed E-state index contributed by atoms with van der Waals surface area (Å²) in [6.45, 7) is 6.70. The van der Waals surface area contributed by atoms with E-state index in [1.165, 1.54) is 32.6 Å². The third-order valence-corrected chi connectivity index (χ3v) is 10.7. The summed E-state index contributed by atoms with van der Waals surface area (Å²) in [5, 5.41) is 0.331. The van der Waals surface area contributed by atoms with Crippen LogP contribution in [-0.2, 0) is 31.6 Å². The second-order valence-corrected chi connectivity index (χ2v) is 15.7. The number of nitrogens with zero attached hydrogens (tertiary/aromatic N) is 4. The first kappa shape index (κ1) is 34.9. The zero-order valence-corrected chi connectivity index (χ0v) is 30.2. The van der Waals surface area contributed by atoms with Gasteiger partial charge in [-0.3, -0.25) is 9.69 Å². The number of ether oxygens (including phenoxy) is 3. The molecule has 3 heterocycles. The zero-order chi connectivity index (χ0) is 35.3. The van der Waals surface area contributed by atoms with E-state index in [-0.39, 0.29) is 23.2 Å². The van der Waals surface area contributed by atoms with Gasteiger partial charge in [-0.1, -0.05) is 17.7 Å². The summed E-state index contributed by atoms with van der Waals surface area (Å²) in [6, 6.07) is 15.8. The molecule has 260 valence electrons. The number of amides is 1. The van der Waals surface area contributed by atoms with Crippen LogP contribution in [0.2, 0.25) is 5.02 Å². The van der Waals surface area contributed by atoms with Crippen molar-refractivity contribution < 1.29 is 31.8 Å². The van der Waals surface area contributed by atoms with Crippen molar-refractivity contribution in [3.63, 3.8) is 0 Å². The van der Waals surface area contributed by atoms with Gasteiger partial charge in [-0.2, -0.15) is 0 Å². The van der Waals surface area contributed by atoms with Crippen LogP contribution >= 0.6 is 11.6 Å². The molecule has 49 heavy (non-hydrogen) atoms. The lowest BCUT2D eigenvalue weighted by Crippen LogP contribution is -2.55. The number of sulfonamides is 1. The van der Waals surface area contributed by atoms with Crippen molar-refractivity contribution in [2.75, 3.05) is 39.2 Å². The first-order valence-electron chi connectivity index (χ1n) is 15.9. The molecule has 3 atom stereocenters. The highest BCUT2D eigenvalue weighted by atomic mass is 35.5. The summed E-state index contributed by atoms with van der Waals surface area (Å²) < 4.78 is 53.9. The molecule has 11 nitrogen and oxygen atoms in total. The van der Waals surface area contributed by atoms with Gasteiger partial charge in [0.1, 0.15) is 17.8 Å². The van der Waals surface area contributed by atoms with E-state index >= 15 is 4.79 Å². The van der Waals surface area contributed by atoms with Crippen molar-refractivity contribution in [2.24, 2.45) is 0 Å². The van der Waals surface area contributed by atoms with Crippen LogP contribution in [0.15, 0.2) is 82.4 Å². The molecule has 13 heteroatoms. The summed E-state index contributed by atoms with van der Waals surface area (Å²) in [6.07, 6.45) is 3.09. The summed E-state index contributed by atoms with van der Waals surface area (Å²) in [5.74, 6) is 0.535. The lowest BCUT2D eigenvalue weighted by molar-refractivity contribution is -0.128. The van der Waals surface area contributed by atoms with Gasteiger partial charge in [0.2, 0.25) is 5.89 Å². The quantitative estimate of drug-likeness (QED) is 0.194. The maximum absolute atomic E-state index is 15.7. The minimum Gasteiger partial charge on any atom is -0.497 e. The standard InChI is InChI=1S/C36H41ClN4O7S/c1-35(2,3)48-26-20-31(33-38-16-17-47-33)40(22-26)36(29-18-23(21-39(4)5)8-15-32(29)46-7)28-19-24(37)9-14-30(28)41(34(36)42)49(43,44)27-12-10-25(45-6)11-13-27/h8-19,26,31H,20-22H2,1-7H3/t26-,31+,36?/m1/s1. The molecule has 0 bridgehead atoms. The second kappa shape index (κ2) is 13.1. The Bertz CT molecular complexity index is 1940. The van der Waals surface area contributed by atoms with Gasteiger partial charge in [-0.15, -0.1) is 0 Å². The molecule has 1 aromatic heterocycles. The van der Waals surface area contributed by atoms with E-state index in [1.54, 1.807) is 36.5 Å². The maximum Gasteiger partial charge on any atom is 0.271 e. The van der Waals surface area contributed by atoms with Crippen LogP contribution in [0.25, 0.3) is 0 Å². The lowest BCUT2D eigenvalue weighted by atomic mass is 9.80. The van der Waals surface area contributed by atoms with E-state index in [2.05, 4.69) is 4.98 Å². The predicted molar refractivity (Wildman–Crippen MR) is 185 cm³/mol. The average Bonchev–Trinajstić information content (AvgIpc) is 3.77. The van der Waals surface area contributed by atoms with Gasteiger partial charge < -0.3 is 23.5 Å². The topological polar surface area (TPSA) is 115 Å². The SMILES string of the molecule is COc1ccc(S(=O)(=O)N2C(=O)C(c3cc(CN(C)C)ccc3OC)(N3C[C@H](OC(C)(C)C)C[C@H]3c3ncco3)c3cc(Cl)ccc32)cc1. The number of carbonyl (C=O) groups excluding carboxylic acids is 1. The molecule has 0 radical (unpaired) electrons. The fourth-order valence-corrected chi connectivity index (χ4v) is 8.65. The van der Waals surface area contributed by atoms with E-state index in [4.69, 9.17) is 30.2 Å². The second-order valence-electron chi connectivity index (χ2n) is 13.5. The highest BCUT2D eigenvalue weighted by Crippen LogP contribution is 2.57. The third kappa shape index (κ3) is 6.21. The number of fused-ring (bicyclic) bond motifs is 1. The van der Waals surface area contributed by atoms with Gasteiger partial charge in [-0.25, -0.2) is 17.7 Å². The number of aromatic nitrogens is 1. The van der Waals surface area contributed by atoms with Crippen molar-refractivity contribution in [1.29, 1.82) is 0 Å². The normalized spacial score (nSPS) is 21.4. The Hall–Kier alpha value is -3.94. The Balaban J connectivity index is 1.68. The van der Waals surface area contributed by atoms with Crippen molar-refractivity contribution >= 4 is 33.2 Å². The van der Waals surface area contributed by atoms with E-state index in [1.807, 2.05) is 62.9 Å². The third-order valence-electron chi connectivity index (χ3n) is 8.76. The van der Waals surface area contributed by atoms with Gasteiger partial charge in [0, 0.05) is 29.2 Å². The number of oxazole rings is 1. The number of anilines is 1. The molecule has 1 fully saturated rings. The number of rotatable bonds is 10. The smallest absolute Gasteiger partial charge is 0.271 e. The molecule has 6 rings (SSSR count). The lowest BCUT2D eigenvalue weighted by Gasteiger charge is -2.41. The highest BCUT2D eigenvalue weighted by molar-refractivity contribution is 7.93. The first-order valence-corrected chi connectivity index (χ1v) is 17.7. The van der Waals surface area contributed by atoms with Crippen LogP contribution < -0.4 is 13.8 Å². The summed E-state index contributed by atoms with van der Waals surface area (Å²) in [5.41, 5.74) is -0.372. The fraction of sp³-hybridized carbons (Fsp3) is 0.389. The van der Waals surface area contributed by atoms with Crippen molar-refractivity contribution in [2.45, 2.75) is 61.9 Å². The van der Waals surface area contributed by atoms with E-state index in [0.29, 0.717) is 46.5 Å². The Kier molecular flexibility index (Phi) is 9.31. The monoisotopic (exact) mass is 708 g/mol. The number of methoxy groups -OCH3 is 2. The molecule has 2 aliphatic rings. The number of likely N-dealkylation sites (tertiary alicyclic amines) is 1. The minimum absolute atomic E-state index is 0.0775. The largest absolute Gasteiger partial charge is 0.497 e. The minimum atomic E-state index is -4.47. The number of hydrogen-bond donors (Lipinski definition) is 0. The Morgan fingerprint density at radius 1 is 1.02 bits per heavy atom. The van der Waals surface area contributed by atoms with Crippen molar-refractivity contribution in [3.05, 3.63) is 101 Å². The number of benzene rings is 3. The van der Waals surface area contributed by atoms with Gasteiger partial charge in [0.15, 0.2) is 5.54 Å². The van der Waals surface area contributed by atoms with Crippen molar-refractivity contribution in [1.82, 2.24) is 14.8 Å². The zero-order valence-electron chi connectivity index (χ0n) is 28.6. The molecule has 0 aliphatic carbocycles. The molecule has 2 aliphatic heterocycles. The Morgan fingerprint density at radius 3 is 2.37 bits per heavy atom. The molecule has 4 aromatic rings. The molecule has 0 spiro atoms. The van der Waals surface area contributed by atoms with Crippen LogP contribution in [0.3, 0.4) is 0 Å². The number of hydrogen-bond acceptors (Lipinski definition) is 10. The highest BCUT2D eigenvalue weighted by Gasteiger charge is 2.64. The summed E-state index contributed by atoms with van der Waals surface area (Å²) in [7, 11) is 2.46. The molecular weight excluding hydrogens is 668 g/mol. The van der Waals surface area contributed by atoms with Crippen LogP contribution in [0, 0.1) is 0 Å². The van der Waals surface area contributed by atoms with Gasteiger partial charge >= 0.3 is 0 Å². The van der Waals surface area contributed by atoms with Gasteiger partial charge in [0.25, 0.3) is 15.9 Å². The molecular formula is C36H41ClN4O7S. The van der Waals surface area contributed by atoms with Gasteiger partial charge in [-0.05, 0) is 101 Å². The molecule has 3 aromatic carbocycles. The number of halogens is 1. The number of carbonyl (C=O) groups is 1. The van der Waals surface area contributed by atoms with Gasteiger partial charge in [0.05, 0.1) is 48.7 Å². The summed E-state index contributed by atoms with van der Waals surface area (Å²) >= 11 is 6.73. The molecule has 1 amide bonds. The molecule has 1 saturated heterocycles. The van der Waals surface area contributed by atoms with Crippen LogP contribution in [0.5, 0.6) is 11.5 Å². The van der Waals surface area contributed by atoms with Crippen LogP contribution in [0.1, 0.15) is 55.8 Å². The average molecular weight is 709 g/mol. The van der Waals surface area contributed by atoms with E-state index < -0.39 is 33.1 Å². The maximum atomic E-state index is 15.7. The predicted octanol–water partition coefficient (Wildman–Crippen LogP) is 6.02. The van der Waals surface area contributed by atoms with E-state index in [9.17, 15) is 8.42 Å². The fourth-order valence-electron chi connectivity index (χ4n) is 7.02. The molecule has 0 N–H and O–H groups in total. The van der Waals surface area contributed by atoms with E-state index in [0.717, 1.165) is 9.87 Å². The van der Waals surface area contributed by atoms with Crippen LogP contribution in [0.4, 0.5) is 5.69 Å². The van der Waals surface area contributed by atoms with Crippen molar-refractivity contribution in [3.8, 4) is 11.5 Å². The first-order chi connectivity index (χ1) is 23.2. The molecule has 1 unspecified atom stereocenters.